The number of carbonyl (C=O) groups is 1. The highest BCUT2D eigenvalue weighted by Gasteiger charge is 2.50. The van der Waals surface area contributed by atoms with Crippen LogP contribution in [0.25, 0.3) is 11.0 Å². The number of piperidine rings is 1. The molecular weight excluding hydrogens is 1020 g/mol. The predicted octanol–water partition coefficient (Wildman–Crippen LogP) is 11.4. The lowest BCUT2D eigenvalue weighted by Gasteiger charge is -2.58. The number of nitrogens with one attached hydrogen (secondary N) is 3. The Morgan fingerprint density at radius 2 is 1.69 bits per heavy atom. The Morgan fingerprint density at radius 1 is 0.935 bits per heavy atom. The number of aromatic amines is 1. The zero-order valence-corrected chi connectivity index (χ0v) is 45.6. The number of nitro groups is 1. The maximum Gasteiger partial charge on any atom is 0.293 e. The van der Waals surface area contributed by atoms with E-state index in [0.29, 0.717) is 53.5 Å². The lowest BCUT2D eigenvalue weighted by molar-refractivity contribution is -0.384. The Kier molecular flexibility index (Phi) is 14.8. The Hall–Kier alpha value is -6.24. The van der Waals surface area contributed by atoms with Crippen LogP contribution in [0, 0.1) is 21.4 Å². The Bertz CT molecular complexity index is 3250. The zero-order chi connectivity index (χ0) is 53.6. The minimum Gasteiger partial charge on any atom is -0.490 e. The molecule has 0 unspecified atom stereocenters. The van der Waals surface area contributed by atoms with Crippen LogP contribution in [0.1, 0.15) is 124 Å². The molecule has 3 saturated carbocycles. The molecule has 1 amide bonds. The fourth-order valence-corrected chi connectivity index (χ4v) is 13.5. The van der Waals surface area contributed by atoms with Crippen molar-refractivity contribution >= 4 is 55.6 Å². The smallest absolute Gasteiger partial charge is 0.293 e. The molecule has 406 valence electrons. The lowest BCUT2D eigenvalue weighted by atomic mass is 9.59. The summed E-state index contributed by atoms with van der Waals surface area (Å²) in [7, 11) is -4.61. The highest BCUT2D eigenvalue weighted by Crippen LogP contribution is 2.53. The number of sulfonamides is 1. The van der Waals surface area contributed by atoms with Gasteiger partial charge in [0.25, 0.3) is 21.6 Å². The van der Waals surface area contributed by atoms with Crippen LogP contribution in [0.4, 0.5) is 17.1 Å². The quantitative estimate of drug-likeness (QED) is 0.0498. The third-order valence-electron chi connectivity index (χ3n) is 17.0. The second-order valence-corrected chi connectivity index (χ2v) is 25.1. The molecule has 1 spiro atoms. The van der Waals surface area contributed by atoms with Gasteiger partial charge in [0.1, 0.15) is 28.6 Å². The SMILES string of the molecule is CC(C)c1ccccc1[C@@H]1CN(Cc2ccc(OC3CC3)cc2)CCN1C1CC2(CCN(c3ccc(C(=O)NS(=O)(=O)c4ccc(NC[C@H]5CC[C@](C)(O)CC5)c([N+](=O)[O-])c4)c(Oc4cnc5[nH]cc(Cl)c5c4)c3)CC2)C1. The highest BCUT2D eigenvalue weighted by molar-refractivity contribution is 7.90. The van der Waals surface area contributed by atoms with Crippen molar-refractivity contribution in [2.75, 3.05) is 49.5 Å². The van der Waals surface area contributed by atoms with E-state index in [2.05, 4.69) is 97.1 Å². The van der Waals surface area contributed by atoms with Gasteiger partial charge in [0.15, 0.2) is 0 Å². The molecule has 16 nitrogen and oxygen atoms in total. The molecule has 2 aliphatic heterocycles. The van der Waals surface area contributed by atoms with E-state index in [9.17, 15) is 28.4 Å². The number of aromatic nitrogens is 2. The highest BCUT2D eigenvalue weighted by atomic mass is 35.5. The van der Waals surface area contributed by atoms with Crippen LogP contribution in [-0.4, -0.2) is 101 Å². The molecule has 18 heteroatoms. The molecule has 11 rings (SSSR count). The molecule has 0 bridgehead atoms. The van der Waals surface area contributed by atoms with Crippen molar-refractivity contribution in [2.24, 2.45) is 11.3 Å². The summed E-state index contributed by atoms with van der Waals surface area (Å²) in [5, 5.41) is 26.8. The monoisotopic (exact) mass is 1080 g/mol. The van der Waals surface area contributed by atoms with Crippen molar-refractivity contribution in [3.8, 4) is 17.2 Å². The van der Waals surface area contributed by atoms with E-state index >= 15 is 0 Å². The summed E-state index contributed by atoms with van der Waals surface area (Å²) in [5.74, 6) is 0.980. The van der Waals surface area contributed by atoms with Crippen LogP contribution in [-0.2, 0) is 16.6 Å². The Morgan fingerprint density at radius 3 is 2.42 bits per heavy atom. The molecule has 0 radical (unpaired) electrons. The molecule has 2 saturated heterocycles. The van der Waals surface area contributed by atoms with E-state index in [1.165, 1.54) is 35.0 Å². The van der Waals surface area contributed by atoms with Gasteiger partial charge in [-0.15, -0.1) is 0 Å². The van der Waals surface area contributed by atoms with Crippen molar-refractivity contribution in [1.29, 1.82) is 0 Å². The van der Waals surface area contributed by atoms with E-state index in [4.69, 9.17) is 21.1 Å². The van der Waals surface area contributed by atoms with Gasteiger partial charge in [0.05, 0.1) is 38.3 Å². The molecule has 77 heavy (non-hydrogen) atoms. The molecule has 4 N–H and O–H groups in total. The lowest BCUT2D eigenvalue weighted by Crippen LogP contribution is -2.60. The summed E-state index contributed by atoms with van der Waals surface area (Å²) in [4.78, 5) is 40.5. The maximum absolute atomic E-state index is 14.2. The summed E-state index contributed by atoms with van der Waals surface area (Å²) in [6, 6.07) is 28.8. The molecule has 2 aromatic heterocycles. The van der Waals surface area contributed by atoms with Gasteiger partial charge in [-0.1, -0.05) is 61.8 Å². The molecular formula is C59H69ClN8O8S. The number of nitrogens with zero attached hydrogens (tertiary/aromatic N) is 5. The maximum atomic E-state index is 14.2. The fourth-order valence-electron chi connectivity index (χ4n) is 12.3. The third kappa shape index (κ3) is 11.8. The summed E-state index contributed by atoms with van der Waals surface area (Å²) in [5.41, 5.74) is 4.70. The van der Waals surface area contributed by atoms with Gasteiger partial charge in [-0.05, 0) is 148 Å². The van der Waals surface area contributed by atoms with Crippen LogP contribution in [0.15, 0.2) is 108 Å². The van der Waals surface area contributed by atoms with Gasteiger partial charge in [0.2, 0.25) is 0 Å². The molecule has 4 heterocycles. The second kappa shape index (κ2) is 21.5. The van der Waals surface area contributed by atoms with Crippen LogP contribution >= 0.6 is 11.6 Å². The number of halogens is 1. The number of pyridine rings is 1. The average Bonchev–Trinajstić information content (AvgIpc) is 4.18. The van der Waals surface area contributed by atoms with Crippen LogP contribution in [0.2, 0.25) is 5.02 Å². The van der Waals surface area contributed by atoms with Gasteiger partial charge in [0, 0.05) is 87.3 Å². The number of aliphatic hydroxyl groups is 1. The number of amides is 1. The number of rotatable bonds is 17. The first-order chi connectivity index (χ1) is 37.0. The van der Waals surface area contributed by atoms with Gasteiger partial charge >= 0.3 is 0 Å². The number of fused-ring (bicyclic) bond motifs is 1. The number of anilines is 2. The number of nitro benzene ring substituents is 1. The van der Waals surface area contributed by atoms with Crippen molar-refractivity contribution in [1.82, 2.24) is 24.5 Å². The van der Waals surface area contributed by atoms with E-state index < -0.39 is 37.0 Å². The molecule has 1 atom stereocenters. The number of hydrogen-bond donors (Lipinski definition) is 4. The van der Waals surface area contributed by atoms with E-state index in [1.807, 2.05) is 13.0 Å². The number of hydrogen-bond acceptors (Lipinski definition) is 13. The first-order valence-corrected chi connectivity index (χ1v) is 29.2. The van der Waals surface area contributed by atoms with Crippen LogP contribution < -0.4 is 24.4 Å². The first-order valence-electron chi connectivity index (χ1n) is 27.3. The number of ether oxygens (including phenoxy) is 2. The van der Waals surface area contributed by atoms with Crippen LogP contribution in [0.3, 0.4) is 0 Å². The average molecular weight is 1090 g/mol. The number of benzene rings is 4. The summed E-state index contributed by atoms with van der Waals surface area (Å²) >= 11 is 6.46. The van der Waals surface area contributed by atoms with E-state index in [1.54, 1.807) is 24.4 Å². The topological polar surface area (TPSA) is 195 Å². The van der Waals surface area contributed by atoms with E-state index in [0.717, 1.165) is 108 Å². The third-order valence-corrected chi connectivity index (χ3v) is 18.6. The second-order valence-electron chi connectivity index (χ2n) is 23.0. The molecule has 6 aromatic rings. The largest absolute Gasteiger partial charge is 0.490 e. The Balaban J connectivity index is 0.777. The number of piperazine rings is 1. The van der Waals surface area contributed by atoms with Crippen molar-refractivity contribution in [2.45, 2.75) is 126 Å². The standard InChI is InChI=1S/C59H69ClN8O8S/c1-38(2)47-6-4-5-7-48(47)54-37-65(36-40-8-11-43(12-9-40)75-44-13-14-44)26-27-67(54)42-31-59(32-42)22-24-66(25-23-59)41-10-16-49(55(28-41)76-45-29-50-51(60)35-63-56(50)62-34-45)57(69)64-77(73,74)46-15-17-52(53(30-46)68(71)72)61-33-39-18-20-58(3,70)21-19-39/h4-12,15-17,28-30,34-35,38-39,42,44,54,61,70H,13-14,18-27,31-33,36-37H2,1-3H3,(H,62,63)(H,64,69)/t39-,54-,58-/m0/s1. The number of carbonyl (C=O) groups excluding carboxylic acids is 1. The summed E-state index contributed by atoms with van der Waals surface area (Å²) < 4.78 is 42.4. The number of H-pyrrole nitrogens is 1. The molecule has 3 aliphatic carbocycles. The van der Waals surface area contributed by atoms with Crippen molar-refractivity contribution in [3.05, 3.63) is 141 Å². The molecule has 5 aliphatic rings. The van der Waals surface area contributed by atoms with Gasteiger partial charge in [-0.2, -0.15) is 0 Å². The zero-order valence-electron chi connectivity index (χ0n) is 44.0. The molecule has 4 aromatic carbocycles. The van der Waals surface area contributed by atoms with Gasteiger partial charge in [-0.25, -0.2) is 18.1 Å². The summed E-state index contributed by atoms with van der Waals surface area (Å²) in [6.07, 6.45) is 12.8. The van der Waals surface area contributed by atoms with Crippen molar-refractivity contribution < 1.29 is 32.7 Å². The summed E-state index contributed by atoms with van der Waals surface area (Å²) in [6.45, 7) is 12.3. The Labute approximate surface area is 455 Å². The van der Waals surface area contributed by atoms with Gasteiger partial charge < -0.3 is 29.8 Å². The minimum absolute atomic E-state index is 0.0581. The van der Waals surface area contributed by atoms with Crippen molar-refractivity contribution in [3.63, 3.8) is 0 Å². The van der Waals surface area contributed by atoms with E-state index in [-0.39, 0.29) is 40.1 Å². The van der Waals surface area contributed by atoms with Crippen LogP contribution in [0.5, 0.6) is 17.2 Å². The normalized spacial score (nSPS) is 22.2. The fraction of sp³-hybridized carbons (Fsp3) is 0.458. The first kappa shape index (κ1) is 52.8. The van der Waals surface area contributed by atoms with Gasteiger partial charge in [-0.3, -0.25) is 24.7 Å². The minimum atomic E-state index is -4.61. The molecule has 5 fully saturated rings. The predicted molar refractivity (Wildman–Crippen MR) is 299 cm³/mol.